The van der Waals surface area contributed by atoms with Crippen molar-refractivity contribution in [2.45, 2.75) is 13.1 Å². The van der Waals surface area contributed by atoms with E-state index in [4.69, 9.17) is 21.1 Å². The van der Waals surface area contributed by atoms with Gasteiger partial charge in [-0.1, -0.05) is 48.0 Å². The Bertz CT molecular complexity index is 1490. The van der Waals surface area contributed by atoms with Gasteiger partial charge < -0.3 is 14.1 Å². The maximum absolute atomic E-state index is 13.0. The number of benzene rings is 2. The number of para-hydroxylation sites is 1. The van der Waals surface area contributed by atoms with Crippen LogP contribution in [0.25, 0.3) is 17.0 Å². The summed E-state index contributed by atoms with van der Waals surface area (Å²) < 4.78 is 7.31. The summed E-state index contributed by atoms with van der Waals surface area (Å²) in [5, 5.41) is 10.1. The summed E-state index contributed by atoms with van der Waals surface area (Å²) in [5.74, 6) is -1.13. The zero-order chi connectivity index (χ0) is 23.8. The molecule has 170 valence electrons. The zero-order valence-corrected chi connectivity index (χ0v) is 19.2. The lowest BCUT2D eigenvalue weighted by atomic mass is 10.1. The number of hydrogen-bond acceptors (Lipinski definition) is 5. The van der Waals surface area contributed by atoms with Crippen LogP contribution in [0.5, 0.6) is 0 Å². The Labute approximate surface area is 203 Å². The minimum Gasteiger partial charge on any atom is -0.475 e. The Morgan fingerprint density at radius 2 is 1.79 bits per heavy atom. The fourth-order valence-electron chi connectivity index (χ4n) is 3.84. The van der Waals surface area contributed by atoms with Crippen molar-refractivity contribution in [2.24, 2.45) is 0 Å². The largest absolute Gasteiger partial charge is 0.475 e. The lowest BCUT2D eigenvalue weighted by Gasteiger charge is -2.13. The second kappa shape index (κ2) is 8.89. The summed E-state index contributed by atoms with van der Waals surface area (Å²) >= 11 is 7.10. The van der Waals surface area contributed by atoms with E-state index in [0.717, 1.165) is 28.2 Å². The van der Waals surface area contributed by atoms with Crippen molar-refractivity contribution in [1.82, 2.24) is 9.47 Å². The van der Waals surface area contributed by atoms with Gasteiger partial charge in [0.1, 0.15) is 5.76 Å². The number of hydrogen-bond donors (Lipinski definition) is 1. The third kappa shape index (κ3) is 4.13. The van der Waals surface area contributed by atoms with Crippen LogP contribution in [-0.2, 0) is 17.9 Å². The van der Waals surface area contributed by atoms with Crippen molar-refractivity contribution in [3.63, 3.8) is 0 Å². The molecule has 0 atom stereocenters. The number of carboxylic acids is 1. The summed E-state index contributed by atoms with van der Waals surface area (Å²) in [7, 11) is 0. The van der Waals surface area contributed by atoms with Crippen LogP contribution in [0.4, 0.5) is 4.79 Å². The molecule has 1 aliphatic heterocycles. The van der Waals surface area contributed by atoms with Crippen molar-refractivity contribution in [2.75, 3.05) is 0 Å². The molecule has 0 spiro atoms. The fourth-order valence-corrected chi connectivity index (χ4v) is 4.87. The number of thioether (sulfide) groups is 1. The highest BCUT2D eigenvalue weighted by Gasteiger charge is 2.35. The minimum absolute atomic E-state index is 0.105. The Morgan fingerprint density at radius 3 is 2.56 bits per heavy atom. The third-order valence-corrected chi connectivity index (χ3v) is 6.74. The molecule has 0 aliphatic carbocycles. The van der Waals surface area contributed by atoms with E-state index in [0.29, 0.717) is 27.8 Å². The van der Waals surface area contributed by atoms with E-state index >= 15 is 0 Å². The molecule has 0 unspecified atom stereocenters. The van der Waals surface area contributed by atoms with Gasteiger partial charge >= 0.3 is 5.97 Å². The van der Waals surface area contributed by atoms with Gasteiger partial charge in [0.25, 0.3) is 11.1 Å². The first-order valence-electron chi connectivity index (χ1n) is 10.3. The number of carbonyl (C=O) groups is 3. The molecule has 2 aromatic carbocycles. The number of aromatic carboxylic acids is 1. The van der Waals surface area contributed by atoms with Gasteiger partial charge in [-0.15, -0.1) is 0 Å². The van der Waals surface area contributed by atoms with Crippen LogP contribution in [-0.4, -0.2) is 31.7 Å². The normalized spacial score (nSPS) is 15.1. The highest BCUT2D eigenvalue weighted by molar-refractivity contribution is 8.18. The van der Waals surface area contributed by atoms with E-state index < -0.39 is 5.97 Å². The molecule has 1 saturated heterocycles. The summed E-state index contributed by atoms with van der Waals surface area (Å²) in [6.45, 7) is 0.420. The first kappa shape index (κ1) is 22.1. The molecule has 34 heavy (non-hydrogen) atoms. The van der Waals surface area contributed by atoms with Gasteiger partial charge in [0.15, 0.2) is 0 Å². The molecule has 3 heterocycles. The Morgan fingerprint density at radius 1 is 1.03 bits per heavy atom. The highest BCUT2D eigenvalue weighted by Crippen LogP contribution is 2.35. The van der Waals surface area contributed by atoms with E-state index in [-0.39, 0.29) is 23.5 Å². The van der Waals surface area contributed by atoms with Crippen molar-refractivity contribution in [1.29, 1.82) is 0 Å². The molecule has 1 fully saturated rings. The highest BCUT2D eigenvalue weighted by atomic mass is 35.5. The Kier molecular flexibility index (Phi) is 5.77. The molecule has 0 bridgehead atoms. The molecule has 0 saturated carbocycles. The summed E-state index contributed by atoms with van der Waals surface area (Å²) in [5.41, 5.74) is 2.35. The number of carboxylic acid groups (broad SMARTS) is 1. The summed E-state index contributed by atoms with van der Waals surface area (Å²) in [6, 6.07) is 17.8. The van der Waals surface area contributed by atoms with Crippen molar-refractivity contribution < 1.29 is 23.9 Å². The minimum atomic E-state index is -1.13. The van der Waals surface area contributed by atoms with Gasteiger partial charge in [-0.05, 0) is 47.7 Å². The second-order valence-electron chi connectivity index (χ2n) is 7.66. The van der Waals surface area contributed by atoms with Crippen LogP contribution in [0.1, 0.15) is 27.4 Å². The summed E-state index contributed by atoms with van der Waals surface area (Å²) in [6.07, 6.45) is 3.57. The van der Waals surface area contributed by atoms with Crippen LogP contribution in [0.2, 0.25) is 5.02 Å². The molecule has 2 amide bonds. The van der Waals surface area contributed by atoms with Gasteiger partial charge in [0.05, 0.1) is 18.0 Å². The van der Waals surface area contributed by atoms with Gasteiger partial charge in [-0.25, -0.2) is 4.79 Å². The predicted molar refractivity (Wildman–Crippen MR) is 130 cm³/mol. The van der Waals surface area contributed by atoms with Crippen LogP contribution in [0, 0.1) is 0 Å². The van der Waals surface area contributed by atoms with E-state index in [2.05, 4.69) is 0 Å². The smallest absolute Gasteiger partial charge is 0.371 e. The lowest BCUT2D eigenvalue weighted by molar-refractivity contribution is -0.123. The van der Waals surface area contributed by atoms with Crippen LogP contribution >= 0.6 is 23.4 Å². The SMILES string of the molecule is O=C(O)c1ccc(Cn2cc(/C=C3\SC(=O)N(Cc4ccccc4Cl)C3=O)c3ccccc32)o1. The van der Waals surface area contributed by atoms with Crippen molar-refractivity contribution >= 4 is 57.5 Å². The van der Waals surface area contributed by atoms with Crippen LogP contribution in [0.3, 0.4) is 0 Å². The molecule has 7 nitrogen and oxygen atoms in total. The fraction of sp³-hybridized carbons (Fsp3) is 0.0800. The van der Waals surface area contributed by atoms with E-state index in [1.165, 1.54) is 11.0 Å². The topological polar surface area (TPSA) is 92.8 Å². The number of aromatic nitrogens is 1. The standard InChI is InChI=1S/C25H17ClN2O5S/c26-19-7-3-1-5-15(19)13-28-23(29)22(34-25(28)32)11-16-12-27(20-8-4-2-6-18(16)20)14-17-9-10-21(33-17)24(30)31/h1-12H,13-14H2,(H,30,31)/b22-11-. The monoisotopic (exact) mass is 492 g/mol. The maximum atomic E-state index is 13.0. The molecule has 1 aliphatic rings. The quantitative estimate of drug-likeness (QED) is 0.338. The number of imide groups is 1. The number of fused-ring (bicyclic) bond motifs is 1. The summed E-state index contributed by atoms with van der Waals surface area (Å²) in [4.78, 5) is 38.2. The molecular weight excluding hydrogens is 476 g/mol. The number of amides is 2. The average molecular weight is 493 g/mol. The second-order valence-corrected chi connectivity index (χ2v) is 9.06. The average Bonchev–Trinajstić information content (AvgIpc) is 3.50. The van der Waals surface area contributed by atoms with E-state index in [1.54, 1.807) is 30.3 Å². The molecular formula is C25H17ClN2O5S. The Balaban J connectivity index is 1.45. The molecule has 2 aromatic heterocycles. The van der Waals surface area contributed by atoms with E-state index in [1.807, 2.05) is 41.1 Å². The molecule has 4 aromatic rings. The first-order chi connectivity index (χ1) is 16.4. The van der Waals surface area contributed by atoms with Crippen LogP contribution < -0.4 is 0 Å². The number of halogens is 1. The van der Waals surface area contributed by atoms with Crippen molar-refractivity contribution in [3.05, 3.63) is 99.4 Å². The number of carbonyl (C=O) groups excluding carboxylic acids is 2. The lowest BCUT2D eigenvalue weighted by Crippen LogP contribution is -2.27. The van der Waals surface area contributed by atoms with Gasteiger partial charge in [0, 0.05) is 27.7 Å². The van der Waals surface area contributed by atoms with Crippen molar-refractivity contribution in [3.8, 4) is 0 Å². The molecule has 0 radical (unpaired) electrons. The number of furan rings is 1. The first-order valence-corrected chi connectivity index (χ1v) is 11.5. The number of rotatable bonds is 6. The Hall–Kier alpha value is -3.75. The maximum Gasteiger partial charge on any atom is 0.371 e. The molecule has 5 rings (SSSR count). The predicted octanol–water partition coefficient (Wildman–Crippen LogP) is 5.87. The van der Waals surface area contributed by atoms with Gasteiger partial charge in [-0.3, -0.25) is 14.5 Å². The number of nitrogens with zero attached hydrogens (tertiary/aromatic N) is 2. The van der Waals surface area contributed by atoms with Gasteiger partial charge in [0.2, 0.25) is 5.76 Å². The third-order valence-electron chi connectivity index (χ3n) is 5.46. The van der Waals surface area contributed by atoms with E-state index in [9.17, 15) is 14.4 Å². The van der Waals surface area contributed by atoms with Gasteiger partial charge in [-0.2, -0.15) is 0 Å². The zero-order valence-electron chi connectivity index (χ0n) is 17.6. The van der Waals surface area contributed by atoms with Crippen LogP contribution in [0.15, 0.2) is 76.2 Å². The molecule has 1 N–H and O–H groups in total. The molecule has 9 heteroatoms.